The van der Waals surface area contributed by atoms with Crippen molar-refractivity contribution in [3.63, 3.8) is 0 Å². The Morgan fingerprint density at radius 1 is 0.966 bits per heavy atom. The Kier molecular flexibility index (Phi) is 6.53. The van der Waals surface area contributed by atoms with Crippen LogP contribution in [0, 0.1) is 22.7 Å². The van der Waals surface area contributed by atoms with E-state index in [0.717, 1.165) is 16.7 Å². The zero-order valence-electron chi connectivity index (χ0n) is 15.7. The summed E-state index contributed by atoms with van der Waals surface area (Å²) in [6.07, 6.45) is 1.77. The molecule has 0 spiro atoms. The molecule has 3 aromatic carbocycles. The first-order chi connectivity index (χ1) is 14.1. The second-order valence-electron chi connectivity index (χ2n) is 6.18. The topological polar surface area (TPSA) is 66.0 Å². The van der Waals surface area contributed by atoms with Crippen LogP contribution in [0.25, 0.3) is 11.6 Å². The maximum atomic E-state index is 9.53. The average Bonchev–Trinajstić information content (AvgIpc) is 2.77. The van der Waals surface area contributed by atoms with Crippen LogP contribution in [0.5, 0.6) is 11.5 Å². The zero-order valence-corrected chi connectivity index (χ0v) is 16.5. The summed E-state index contributed by atoms with van der Waals surface area (Å²) < 4.78 is 11.3. The molecule has 0 aliphatic heterocycles. The summed E-state index contributed by atoms with van der Waals surface area (Å²) in [5.41, 5.74) is 3.59. The second kappa shape index (κ2) is 9.46. The number of ether oxygens (including phenoxy) is 2. The highest BCUT2D eigenvalue weighted by atomic mass is 35.5. The van der Waals surface area contributed by atoms with E-state index in [4.69, 9.17) is 26.3 Å². The van der Waals surface area contributed by atoms with Crippen molar-refractivity contribution in [1.29, 1.82) is 10.5 Å². The summed E-state index contributed by atoms with van der Waals surface area (Å²) in [5, 5.41) is 19.1. The largest absolute Gasteiger partial charge is 0.493 e. The van der Waals surface area contributed by atoms with E-state index in [1.807, 2.05) is 42.5 Å². The predicted octanol–water partition coefficient (Wildman–Crippen LogP) is 5.86. The van der Waals surface area contributed by atoms with E-state index in [1.54, 1.807) is 37.5 Å². The van der Waals surface area contributed by atoms with Crippen molar-refractivity contribution in [1.82, 2.24) is 0 Å². The Balaban J connectivity index is 1.81. The average molecular weight is 401 g/mol. The molecule has 0 aliphatic carbocycles. The molecule has 0 saturated heterocycles. The number of hydrogen-bond donors (Lipinski definition) is 0. The van der Waals surface area contributed by atoms with E-state index in [9.17, 15) is 5.26 Å². The molecule has 0 amide bonds. The van der Waals surface area contributed by atoms with Crippen LogP contribution in [0.15, 0.2) is 66.7 Å². The first-order valence-corrected chi connectivity index (χ1v) is 9.18. The van der Waals surface area contributed by atoms with Crippen molar-refractivity contribution in [2.24, 2.45) is 0 Å². The Morgan fingerprint density at radius 2 is 1.69 bits per heavy atom. The second-order valence-corrected chi connectivity index (χ2v) is 6.62. The van der Waals surface area contributed by atoms with Crippen LogP contribution < -0.4 is 9.47 Å². The quantitative estimate of drug-likeness (QED) is 0.383. The van der Waals surface area contributed by atoms with E-state index in [2.05, 4.69) is 12.1 Å². The highest BCUT2D eigenvalue weighted by Gasteiger charge is 2.08. The Hall–Kier alpha value is -3.73. The van der Waals surface area contributed by atoms with Gasteiger partial charge in [0.2, 0.25) is 0 Å². The van der Waals surface area contributed by atoms with Crippen LogP contribution in [0.1, 0.15) is 22.3 Å². The van der Waals surface area contributed by atoms with Gasteiger partial charge in [0.25, 0.3) is 0 Å². The molecule has 29 heavy (non-hydrogen) atoms. The van der Waals surface area contributed by atoms with Crippen LogP contribution in [0.3, 0.4) is 0 Å². The van der Waals surface area contributed by atoms with Crippen LogP contribution >= 0.6 is 11.6 Å². The smallest absolute Gasteiger partial charge is 0.161 e. The maximum Gasteiger partial charge on any atom is 0.161 e. The fourth-order valence-corrected chi connectivity index (χ4v) is 2.83. The summed E-state index contributed by atoms with van der Waals surface area (Å²) in [6.45, 7) is 0.386. The lowest BCUT2D eigenvalue weighted by atomic mass is 10.0. The lowest BCUT2D eigenvalue weighted by Gasteiger charge is -2.12. The molecule has 0 N–H and O–H groups in total. The monoisotopic (exact) mass is 400 g/mol. The third-order valence-corrected chi connectivity index (χ3v) is 4.50. The molecule has 0 atom stereocenters. The number of benzene rings is 3. The fraction of sp³-hybridized carbons (Fsp3) is 0.0833. The van der Waals surface area contributed by atoms with Gasteiger partial charge in [-0.2, -0.15) is 10.5 Å². The zero-order chi connectivity index (χ0) is 20.6. The van der Waals surface area contributed by atoms with Gasteiger partial charge in [0.05, 0.1) is 30.4 Å². The van der Waals surface area contributed by atoms with Crippen molar-refractivity contribution in [3.05, 3.63) is 94.0 Å². The minimum absolute atomic E-state index is 0.386. The van der Waals surface area contributed by atoms with Crippen molar-refractivity contribution in [2.45, 2.75) is 6.61 Å². The number of nitrogens with zero attached hydrogens (tertiary/aromatic N) is 2. The minimum Gasteiger partial charge on any atom is -0.493 e. The molecule has 5 heteroatoms. The number of halogens is 1. The molecule has 0 radical (unpaired) electrons. The Bertz CT molecular complexity index is 1110. The number of hydrogen-bond acceptors (Lipinski definition) is 4. The normalized spacial score (nSPS) is 10.7. The third-order valence-electron chi connectivity index (χ3n) is 4.25. The molecule has 0 heterocycles. The molecule has 0 aliphatic rings. The molecular formula is C24H17ClN2O2. The van der Waals surface area contributed by atoms with Crippen LogP contribution in [0.2, 0.25) is 5.02 Å². The van der Waals surface area contributed by atoms with Crippen molar-refractivity contribution < 1.29 is 9.47 Å². The summed E-state index contributed by atoms with van der Waals surface area (Å²) in [4.78, 5) is 0. The summed E-state index contributed by atoms with van der Waals surface area (Å²) in [7, 11) is 1.57. The van der Waals surface area contributed by atoms with Gasteiger partial charge in [-0.05, 0) is 59.2 Å². The van der Waals surface area contributed by atoms with Gasteiger partial charge in [0.15, 0.2) is 11.5 Å². The van der Waals surface area contributed by atoms with E-state index < -0.39 is 0 Å². The molecule has 4 nitrogen and oxygen atoms in total. The van der Waals surface area contributed by atoms with Crippen molar-refractivity contribution in [2.75, 3.05) is 7.11 Å². The number of nitriles is 2. The summed E-state index contributed by atoms with van der Waals surface area (Å²) in [5.74, 6) is 1.18. The lowest BCUT2D eigenvalue weighted by Crippen LogP contribution is -1.98. The van der Waals surface area contributed by atoms with Crippen molar-refractivity contribution in [3.8, 4) is 23.6 Å². The highest BCUT2D eigenvalue weighted by Crippen LogP contribution is 2.30. The molecule has 0 unspecified atom stereocenters. The standard InChI is InChI=1S/C24H17ClN2O2/c1-28-24-13-19(12-21(15-27)20-7-2-17(14-26)3-8-20)6-11-23(24)29-16-18-4-9-22(25)10-5-18/h2-13H,16H2,1H3/b21-12-. The minimum atomic E-state index is 0.386. The van der Waals surface area contributed by atoms with E-state index >= 15 is 0 Å². The first kappa shape index (κ1) is 20.0. The first-order valence-electron chi connectivity index (χ1n) is 8.80. The highest BCUT2D eigenvalue weighted by molar-refractivity contribution is 6.30. The fourth-order valence-electron chi connectivity index (χ4n) is 2.71. The third kappa shape index (κ3) is 5.17. The predicted molar refractivity (Wildman–Crippen MR) is 113 cm³/mol. The molecule has 142 valence electrons. The Morgan fingerprint density at radius 3 is 2.31 bits per heavy atom. The molecule has 0 fully saturated rings. The molecule has 0 saturated carbocycles. The van der Waals surface area contributed by atoms with Gasteiger partial charge in [-0.1, -0.05) is 41.9 Å². The SMILES string of the molecule is COc1cc(/C=C(/C#N)c2ccc(C#N)cc2)ccc1OCc1ccc(Cl)cc1. The van der Waals surface area contributed by atoms with E-state index in [0.29, 0.717) is 34.3 Å². The summed E-state index contributed by atoms with van der Waals surface area (Å²) in [6, 6.07) is 24.1. The van der Waals surface area contributed by atoms with Gasteiger partial charge < -0.3 is 9.47 Å². The molecule has 0 bridgehead atoms. The van der Waals surface area contributed by atoms with Gasteiger partial charge >= 0.3 is 0 Å². The van der Waals surface area contributed by atoms with Gasteiger partial charge in [-0.25, -0.2) is 0 Å². The van der Waals surface area contributed by atoms with Gasteiger partial charge in [0, 0.05) is 5.02 Å². The number of methoxy groups -OCH3 is 1. The molecule has 3 aromatic rings. The van der Waals surface area contributed by atoms with Crippen molar-refractivity contribution >= 4 is 23.3 Å². The van der Waals surface area contributed by atoms with Crippen LogP contribution in [-0.4, -0.2) is 7.11 Å². The van der Waals surface area contributed by atoms with Gasteiger partial charge in [0.1, 0.15) is 6.61 Å². The Labute approximate surface area is 174 Å². The number of rotatable bonds is 6. The van der Waals surface area contributed by atoms with E-state index in [1.165, 1.54) is 0 Å². The molecule has 0 aromatic heterocycles. The van der Waals surface area contributed by atoms with Gasteiger partial charge in [-0.3, -0.25) is 0 Å². The van der Waals surface area contributed by atoms with Gasteiger partial charge in [-0.15, -0.1) is 0 Å². The number of allylic oxidation sites excluding steroid dienone is 1. The maximum absolute atomic E-state index is 9.53. The van der Waals surface area contributed by atoms with Crippen LogP contribution in [0.4, 0.5) is 0 Å². The molecular weight excluding hydrogens is 384 g/mol. The van der Waals surface area contributed by atoms with Crippen LogP contribution in [-0.2, 0) is 6.61 Å². The summed E-state index contributed by atoms with van der Waals surface area (Å²) >= 11 is 5.90. The lowest BCUT2D eigenvalue weighted by molar-refractivity contribution is 0.284. The van der Waals surface area contributed by atoms with E-state index in [-0.39, 0.29) is 0 Å². The molecule has 3 rings (SSSR count).